The predicted octanol–water partition coefficient (Wildman–Crippen LogP) is 3.42. The van der Waals surface area contributed by atoms with Crippen molar-refractivity contribution in [1.29, 1.82) is 0 Å². The number of halogens is 1. The van der Waals surface area contributed by atoms with Crippen LogP contribution in [0.15, 0.2) is 53.1 Å². The Bertz CT molecular complexity index is 844. The van der Waals surface area contributed by atoms with Crippen molar-refractivity contribution < 1.29 is 5.11 Å². The number of rotatable bonds is 4. The Morgan fingerprint density at radius 2 is 1.79 bits per heavy atom. The van der Waals surface area contributed by atoms with E-state index >= 15 is 0 Å². The average molecular weight is 443 g/mol. The number of hydrogen-bond acceptors (Lipinski definition) is 5. The maximum atomic E-state index is 9.61. The van der Waals surface area contributed by atoms with Crippen LogP contribution in [0.5, 0.6) is 0 Å². The number of benzene rings is 2. The maximum Gasteiger partial charge on any atom is 0.0962 e. The summed E-state index contributed by atoms with van der Waals surface area (Å²) in [6.45, 7) is 5.95. The van der Waals surface area contributed by atoms with Gasteiger partial charge in [-0.25, -0.2) is 0 Å². The van der Waals surface area contributed by atoms with E-state index in [4.69, 9.17) is 0 Å². The van der Waals surface area contributed by atoms with Crippen LogP contribution in [0.3, 0.4) is 0 Å². The highest BCUT2D eigenvalue weighted by atomic mass is 79.9. The Morgan fingerprint density at radius 3 is 2.50 bits per heavy atom. The fourth-order valence-electron chi connectivity index (χ4n) is 3.84. The molecule has 2 aliphatic rings. The number of hydrogen-bond donors (Lipinski definition) is 2. The van der Waals surface area contributed by atoms with Gasteiger partial charge in [-0.1, -0.05) is 22.0 Å². The van der Waals surface area contributed by atoms with Gasteiger partial charge in [0.25, 0.3) is 0 Å². The zero-order chi connectivity index (χ0) is 19.5. The van der Waals surface area contributed by atoms with Crippen LogP contribution in [0.2, 0.25) is 0 Å². The molecule has 28 heavy (non-hydrogen) atoms. The summed E-state index contributed by atoms with van der Waals surface area (Å²) in [5.74, 6) is 0. The van der Waals surface area contributed by atoms with E-state index in [-0.39, 0.29) is 6.73 Å². The molecular weight excluding hydrogens is 416 g/mol. The molecular formula is C22H27BrN4O. The first-order valence-electron chi connectivity index (χ1n) is 9.73. The quantitative estimate of drug-likeness (QED) is 0.758. The molecule has 0 atom stereocenters. The van der Waals surface area contributed by atoms with E-state index < -0.39 is 0 Å². The van der Waals surface area contributed by atoms with Crippen LogP contribution in [-0.2, 0) is 6.54 Å². The molecule has 5 nitrogen and oxygen atoms in total. The third-order valence-corrected chi connectivity index (χ3v) is 6.05. The van der Waals surface area contributed by atoms with E-state index in [1.165, 1.54) is 22.4 Å². The minimum absolute atomic E-state index is 0.0621. The number of piperazine rings is 1. The number of nitrogens with one attached hydrogen (secondary N) is 1. The molecule has 2 aromatic carbocycles. The van der Waals surface area contributed by atoms with Gasteiger partial charge in [0, 0.05) is 61.3 Å². The number of aliphatic hydroxyl groups is 1. The summed E-state index contributed by atoms with van der Waals surface area (Å²) in [5, 5.41) is 13.1. The number of fused-ring (bicyclic) bond motifs is 1. The Hall–Kier alpha value is -1.86. The zero-order valence-electron chi connectivity index (χ0n) is 16.2. The van der Waals surface area contributed by atoms with Crippen LogP contribution in [0.4, 0.5) is 11.4 Å². The van der Waals surface area contributed by atoms with Gasteiger partial charge in [-0.15, -0.1) is 0 Å². The second-order valence-corrected chi connectivity index (χ2v) is 8.50. The van der Waals surface area contributed by atoms with Gasteiger partial charge in [-0.05, 0) is 60.1 Å². The van der Waals surface area contributed by atoms with Crippen molar-refractivity contribution in [3.63, 3.8) is 0 Å². The Kier molecular flexibility index (Phi) is 6.01. The molecule has 0 aromatic heterocycles. The van der Waals surface area contributed by atoms with Crippen molar-refractivity contribution in [2.75, 3.05) is 56.7 Å². The first-order chi connectivity index (χ1) is 13.6. The van der Waals surface area contributed by atoms with Gasteiger partial charge in [-0.3, -0.25) is 4.90 Å². The van der Waals surface area contributed by atoms with Gasteiger partial charge in [-0.2, -0.15) is 0 Å². The van der Waals surface area contributed by atoms with E-state index in [1.54, 1.807) is 0 Å². The lowest BCUT2D eigenvalue weighted by Gasteiger charge is -2.34. The van der Waals surface area contributed by atoms with Crippen LogP contribution in [0.25, 0.3) is 5.57 Å². The van der Waals surface area contributed by atoms with Gasteiger partial charge in [0.05, 0.1) is 6.73 Å². The number of nitrogens with zero attached hydrogens (tertiary/aromatic N) is 3. The number of anilines is 2. The molecule has 0 amide bonds. The van der Waals surface area contributed by atoms with Gasteiger partial charge >= 0.3 is 0 Å². The smallest absolute Gasteiger partial charge is 0.0962 e. The summed E-state index contributed by atoms with van der Waals surface area (Å²) in [4.78, 5) is 6.84. The molecule has 0 aliphatic carbocycles. The molecule has 2 heterocycles. The second-order valence-electron chi connectivity index (χ2n) is 7.58. The van der Waals surface area contributed by atoms with E-state index in [1.807, 2.05) is 4.90 Å². The molecule has 2 aromatic rings. The topological polar surface area (TPSA) is 42.0 Å². The SMILES string of the molecule is CN1CCN(c2ccc(N/C=C3\CN(CO)Cc4ccc(Br)cc43)cc2)CC1. The van der Waals surface area contributed by atoms with Crippen LogP contribution in [0.1, 0.15) is 11.1 Å². The third kappa shape index (κ3) is 4.41. The number of likely N-dealkylation sites (N-methyl/N-ethyl adjacent to an activating group) is 1. The molecule has 2 N–H and O–H groups in total. The molecule has 6 heteroatoms. The molecule has 0 spiro atoms. The van der Waals surface area contributed by atoms with Crippen molar-refractivity contribution in [3.8, 4) is 0 Å². The van der Waals surface area contributed by atoms with E-state index in [0.29, 0.717) is 0 Å². The molecule has 148 valence electrons. The van der Waals surface area contributed by atoms with Crippen molar-refractivity contribution in [2.45, 2.75) is 6.54 Å². The average Bonchev–Trinajstić information content (AvgIpc) is 2.73. The summed E-state index contributed by atoms with van der Waals surface area (Å²) in [6, 6.07) is 15.0. The first kappa shape index (κ1) is 19.5. The Morgan fingerprint density at radius 1 is 1.04 bits per heavy atom. The van der Waals surface area contributed by atoms with Gasteiger partial charge in [0.15, 0.2) is 0 Å². The van der Waals surface area contributed by atoms with Crippen molar-refractivity contribution in [3.05, 3.63) is 64.3 Å². The lowest BCUT2D eigenvalue weighted by Crippen LogP contribution is -2.44. The minimum atomic E-state index is 0.0621. The maximum absolute atomic E-state index is 9.61. The molecule has 2 aliphatic heterocycles. The highest BCUT2D eigenvalue weighted by Gasteiger charge is 2.20. The third-order valence-electron chi connectivity index (χ3n) is 5.55. The normalized spacial score (nSPS) is 19.7. The predicted molar refractivity (Wildman–Crippen MR) is 119 cm³/mol. The first-order valence-corrected chi connectivity index (χ1v) is 10.5. The molecule has 0 saturated carbocycles. The minimum Gasteiger partial charge on any atom is -0.381 e. The van der Waals surface area contributed by atoms with Crippen LogP contribution in [-0.4, -0.2) is 61.4 Å². The lowest BCUT2D eigenvalue weighted by atomic mass is 9.96. The summed E-state index contributed by atoms with van der Waals surface area (Å²) in [7, 11) is 2.18. The molecule has 1 saturated heterocycles. The van der Waals surface area contributed by atoms with E-state index in [9.17, 15) is 5.11 Å². The molecule has 0 bridgehead atoms. The largest absolute Gasteiger partial charge is 0.381 e. The summed E-state index contributed by atoms with van der Waals surface area (Å²) in [5.41, 5.74) is 6.01. The molecule has 0 radical (unpaired) electrons. The van der Waals surface area contributed by atoms with Gasteiger partial charge in [0.2, 0.25) is 0 Å². The van der Waals surface area contributed by atoms with Crippen LogP contribution < -0.4 is 10.2 Å². The van der Waals surface area contributed by atoms with Crippen LogP contribution >= 0.6 is 15.9 Å². The standard InChI is InChI=1S/C22H27BrN4O/c1-25-8-10-27(11-9-25)21-6-4-20(5-7-21)24-13-18-15-26(16-28)14-17-2-3-19(23)12-22(17)18/h2-7,12-13,24,28H,8-11,14-16H2,1H3/b18-13+. The molecule has 4 rings (SSSR count). The van der Waals surface area contributed by atoms with E-state index in [2.05, 4.69) is 86.8 Å². The number of aliphatic hydroxyl groups excluding tert-OH is 1. The Balaban J connectivity index is 1.48. The van der Waals surface area contributed by atoms with Crippen molar-refractivity contribution in [1.82, 2.24) is 9.80 Å². The van der Waals surface area contributed by atoms with Crippen LogP contribution in [0, 0.1) is 0 Å². The van der Waals surface area contributed by atoms with Gasteiger partial charge < -0.3 is 20.2 Å². The summed E-state index contributed by atoms with van der Waals surface area (Å²) in [6.07, 6.45) is 2.07. The fourth-order valence-corrected chi connectivity index (χ4v) is 4.20. The van der Waals surface area contributed by atoms with E-state index in [0.717, 1.165) is 49.4 Å². The summed E-state index contributed by atoms with van der Waals surface area (Å²) >= 11 is 3.58. The molecule has 1 fully saturated rings. The Labute approximate surface area is 175 Å². The zero-order valence-corrected chi connectivity index (χ0v) is 17.8. The van der Waals surface area contributed by atoms with Gasteiger partial charge in [0.1, 0.15) is 0 Å². The van der Waals surface area contributed by atoms with Crippen molar-refractivity contribution in [2.24, 2.45) is 0 Å². The highest BCUT2D eigenvalue weighted by molar-refractivity contribution is 9.10. The summed E-state index contributed by atoms with van der Waals surface area (Å²) < 4.78 is 1.08. The van der Waals surface area contributed by atoms with Crippen molar-refractivity contribution >= 4 is 32.9 Å². The molecule has 0 unspecified atom stereocenters. The lowest BCUT2D eigenvalue weighted by molar-refractivity contribution is 0.111. The monoisotopic (exact) mass is 442 g/mol. The fraction of sp³-hybridized carbons (Fsp3) is 0.364. The second kappa shape index (κ2) is 8.66. The highest BCUT2D eigenvalue weighted by Crippen LogP contribution is 2.30.